The standard InChI is InChI=1S/C19H17NO/c20-18-9-10-19(17-8-4-3-7-16(17)18)21-12-14-11-13-5-1-2-6-15(13)14/h1-10,14H,11-12,20H2. The lowest BCUT2D eigenvalue weighted by atomic mass is 9.78. The molecule has 3 aromatic rings. The zero-order chi connectivity index (χ0) is 14.2. The summed E-state index contributed by atoms with van der Waals surface area (Å²) < 4.78 is 6.08. The molecule has 1 unspecified atom stereocenters. The number of hydrogen-bond acceptors (Lipinski definition) is 2. The molecule has 1 atom stereocenters. The summed E-state index contributed by atoms with van der Waals surface area (Å²) in [7, 11) is 0. The Hall–Kier alpha value is -2.48. The summed E-state index contributed by atoms with van der Waals surface area (Å²) in [5.41, 5.74) is 9.70. The van der Waals surface area contributed by atoms with Gasteiger partial charge in [-0.05, 0) is 29.7 Å². The third kappa shape index (κ3) is 2.04. The number of fused-ring (bicyclic) bond motifs is 2. The Bertz CT molecular complexity index is 810. The van der Waals surface area contributed by atoms with Crippen LogP contribution in [-0.2, 0) is 6.42 Å². The molecule has 1 aliphatic rings. The van der Waals surface area contributed by atoms with Crippen molar-refractivity contribution in [2.45, 2.75) is 12.3 Å². The maximum absolute atomic E-state index is 6.08. The minimum Gasteiger partial charge on any atom is -0.492 e. The van der Waals surface area contributed by atoms with Crippen LogP contribution in [-0.4, -0.2) is 6.61 Å². The Balaban J connectivity index is 1.58. The molecule has 2 heteroatoms. The third-order valence-electron chi connectivity index (χ3n) is 4.32. The van der Waals surface area contributed by atoms with Crippen LogP contribution in [0, 0.1) is 0 Å². The van der Waals surface area contributed by atoms with Crippen LogP contribution in [0.15, 0.2) is 60.7 Å². The van der Waals surface area contributed by atoms with Gasteiger partial charge in [-0.3, -0.25) is 0 Å². The van der Waals surface area contributed by atoms with Gasteiger partial charge < -0.3 is 10.5 Å². The highest BCUT2D eigenvalue weighted by molar-refractivity contribution is 5.96. The van der Waals surface area contributed by atoms with E-state index in [0.29, 0.717) is 5.92 Å². The van der Waals surface area contributed by atoms with E-state index in [1.54, 1.807) is 0 Å². The fraction of sp³-hybridized carbons (Fsp3) is 0.158. The monoisotopic (exact) mass is 275 g/mol. The molecule has 3 aromatic carbocycles. The number of nitrogens with two attached hydrogens (primary N) is 1. The second-order valence-electron chi connectivity index (χ2n) is 5.61. The van der Waals surface area contributed by atoms with Gasteiger partial charge in [0, 0.05) is 22.4 Å². The molecule has 0 saturated heterocycles. The summed E-state index contributed by atoms with van der Waals surface area (Å²) in [5, 5.41) is 2.15. The number of rotatable bonds is 3. The number of benzene rings is 3. The SMILES string of the molecule is Nc1ccc(OCC2Cc3ccccc32)c2ccccc12. The van der Waals surface area contributed by atoms with Gasteiger partial charge in [0.2, 0.25) is 0 Å². The molecule has 0 bridgehead atoms. The molecule has 4 rings (SSSR count). The van der Waals surface area contributed by atoms with Crippen LogP contribution < -0.4 is 10.5 Å². The van der Waals surface area contributed by atoms with Crippen molar-refractivity contribution in [2.75, 3.05) is 12.3 Å². The molecule has 0 saturated carbocycles. The van der Waals surface area contributed by atoms with Gasteiger partial charge in [-0.25, -0.2) is 0 Å². The average Bonchev–Trinajstić information content (AvgIpc) is 2.50. The van der Waals surface area contributed by atoms with E-state index in [1.165, 1.54) is 11.1 Å². The van der Waals surface area contributed by atoms with Crippen molar-refractivity contribution in [1.29, 1.82) is 0 Å². The van der Waals surface area contributed by atoms with Gasteiger partial charge in [0.1, 0.15) is 5.75 Å². The number of anilines is 1. The number of nitrogen functional groups attached to an aromatic ring is 1. The summed E-state index contributed by atoms with van der Waals surface area (Å²) >= 11 is 0. The van der Waals surface area contributed by atoms with E-state index in [2.05, 4.69) is 30.3 Å². The molecule has 0 aliphatic heterocycles. The van der Waals surface area contributed by atoms with Crippen molar-refractivity contribution in [1.82, 2.24) is 0 Å². The first-order valence-corrected chi connectivity index (χ1v) is 7.31. The van der Waals surface area contributed by atoms with E-state index >= 15 is 0 Å². The Morgan fingerprint density at radius 1 is 0.905 bits per heavy atom. The molecule has 2 nitrogen and oxygen atoms in total. The van der Waals surface area contributed by atoms with Crippen LogP contribution in [0.25, 0.3) is 10.8 Å². The van der Waals surface area contributed by atoms with Crippen molar-refractivity contribution in [2.24, 2.45) is 0 Å². The topological polar surface area (TPSA) is 35.2 Å². The normalized spacial score (nSPS) is 16.3. The molecule has 0 amide bonds. The van der Waals surface area contributed by atoms with Crippen LogP contribution in [0.5, 0.6) is 5.75 Å². The fourth-order valence-electron chi connectivity index (χ4n) is 3.12. The Morgan fingerprint density at radius 2 is 1.67 bits per heavy atom. The molecule has 0 heterocycles. The summed E-state index contributed by atoms with van der Waals surface area (Å²) in [6.07, 6.45) is 1.11. The lowest BCUT2D eigenvalue weighted by Crippen LogP contribution is -2.23. The minimum atomic E-state index is 0.512. The fourth-order valence-corrected chi connectivity index (χ4v) is 3.12. The number of hydrogen-bond donors (Lipinski definition) is 1. The molecule has 1 aliphatic carbocycles. The second kappa shape index (κ2) is 4.81. The molecule has 21 heavy (non-hydrogen) atoms. The van der Waals surface area contributed by atoms with Gasteiger partial charge in [0.25, 0.3) is 0 Å². The first kappa shape index (κ1) is 12.3. The van der Waals surface area contributed by atoms with Gasteiger partial charge in [0.05, 0.1) is 6.61 Å². The van der Waals surface area contributed by atoms with Crippen molar-refractivity contribution >= 4 is 16.5 Å². The molecule has 104 valence electrons. The van der Waals surface area contributed by atoms with Gasteiger partial charge in [-0.15, -0.1) is 0 Å². The highest BCUT2D eigenvalue weighted by Gasteiger charge is 2.26. The minimum absolute atomic E-state index is 0.512. The highest BCUT2D eigenvalue weighted by atomic mass is 16.5. The zero-order valence-corrected chi connectivity index (χ0v) is 11.8. The van der Waals surface area contributed by atoms with E-state index < -0.39 is 0 Å². The number of ether oxygens (including phenoxy) is 1. The molecule has 0 radical (unpaired) electrons. The average molecular weight is 275 g/mol. The third-order valence-corrected chi connectivity index (χ3v) is 4.32. The van der Waals surface area contributed by atoms with Crippen molar-refractivity contribution in [3.8, 4) is 5.75 Å². The Kier molecular flexibility index (Phi) is 2.81. The van der Waals surface area contributed by atoms with Crippen LogP contribution in [0.4, 0.5) is 5.69 Å². The largest absolute Gasteiger partial charge is 0.492 e. The smallest absolute Gasteiger partial charge is 0.127 e. The maximum Gasteiger partial charge on any atom is 0.127 e. The molecule has 0 spiro atoms. The summed E-state index contributed by atoms with van der Waals surface area (Å²) in [5.74, 6) is 1.43. The van der Waals surface area contributed by atoms with Crippen LogP contribution >= 0.6 is 0 Å². The molecule has 0 fully saturated rings. The van der Waals surface area contributed by atoms with E-state index in [9.17, 15) is 0 Å². The Labute approximate surface area is 124 Å². The predicted octanol–water partition coefficient (Wildman–Crippen LogP) is 4.14. The summed E-state index contributed by atoms with van der Waals surface area (Å²) in [4.78, 5) is 0. The van der Waals surface area contributed by atoms with Crippen LogP contribution in [0.1, 0.15) is 17.0 Å². The molecule has 0 aromatic heterocycles. The van der Waals surface area contributed by atoms with Gasteiger partial charge in [0.15, 0.2) is 0 Å². The van der Waals surface area contributed by atoms with Crippen LogP contribution in [0.3, 0.4) is 0 Å². The molecular formula is C19H17NO. The van der Waals surface area contributed by atoms with Gasteiger partial charge in [-0.2, -0.15) is 0 Å². The first-order chi connectivity index (χ1) is 10.3. The maximum atomic E-state index is 6.08. The van der Waals surface area contributed by atoms with Crippen molar-refractivity contribution in [3.63, 3.8) is 0 Å². The second-order valence-corrected chi connectivity index (χ2v) is 5.61. The van der Waals surface area contributed by atoms with E-state index in [-0.39, 0.29) is 0 Å². The van der Waals surface area contributed by atoms with E-state index in [1.807, 2.05) is 30.3 Å². The first-order valence-electron chi connectivity index (χ1n) is 7.31. The van der Waals surface area contributed by atoms with E-state index in [0.717, 1.165) is 35.2 Å². The Morgan fingerprint density at radius 3 is 2.52 bits per heavy atom. The quantitative estimate of drug-likeness (QED) is 0.729. The lowest BCUT2D eigenvalue weighted by Gasteiger charge is -2.30. The van der Waals surface area contributed by atoms with Gasteiger partial charge >= 0.3 is 0 Å². The van der Waals surface area contributed by atoms with Crippen molar-refractivity contribution in [3.05, 3.63) is 71.8 Å². The summed E-state index contributed by atoms with van der Waals surface area (Å²) in [6, 6.07) is 20.6. The predicted molar refractivity (Wildman–Crippen MR) is 86.7 cm³/mol. The zero-order valence-electron chi connectivity index (χ0n) is 11.8. The van der Waals surface area contributed by atoms with Gasteiger partial charge in [-0.1, -0.05) is 48.5 Å². The van der Waals surface area contributed by atoms with Crippen LogP contribution in [0.2, 0.25) is 0 Å². The highest BCUT2D eigenvalue weighted by Crippen LogP contribution is 2.36. The van der Waals surface area contributed by atoms with E-state index in [4.69, 9.17) is 10.5 Å². The lowest BCUT2D eigenvalue weighted by molar-refractivity contribution is 0.278. The summed E-state index contributed by atoms with van der Waals surface area (Å²) in [6.45, 7) is 0.727. The molecule has 2 N–H and O–H groups in total. The molecular weight excluding hydrogens is 258 g/mol. The van der Waals surface area contributed by atoms with Crippen molar-refractivity contribution < 1.29 is 4.74 Å².